The van der Waals surface area contributed by atoms with E-state index in [1.807, 2.05) is 50.2 Å². The van der Waals surface area contributed by atoms with Gasteiger partial charge in [0.25, 0.3) is 5.91 Å². The molecule has 0 aliphatic heterocycles. The molecule has 0 aliphatic rings. The summed E-state index contributed by atoms with van der Waals surface area (Å²) in [6.07, 6.45) is -0.715. The lowest BCUT2D eigenvalue weighted by atomic mass is 10.1. The summed E-state index contributed by atoms with van der Waals surface area (Å²) in [7, 11) is 0. The molecule has 0 spiro atoms. The highest BCUT2D eigenvalue weighted by Gasteiger charge is 2.13. The molecule has 1 unspecified atom stereocenters. The predicted octanol–water partition coefficient (Wildman–Crippen LogP) is 3.08. The Morgan fingerprint density at radius 3 is 2.76 bits per heavy atom. The van der Waals surface area contributed by atoms with Crippen LogP contribution in [0.2, 0.25) is 0 Å². The van der Waals surface area contributed by atoms with E-state index < -0.39 is 6.10 Å². The summed E-state index contributed by atoms with van der Waals surface area (Å²) in [5.41, 5.74) is 1.41. The fraction of sp³-hybridized carbons (Fsp3) is 0.350. The molecular weight excluding hydrogens is 316 g/mol. The lowest BCUT2D eigenvalue weighted by molar-refractivity contribution is 0.0259. The number of aliphatic hydroxyl groups excluding tert-OH is 1. The molecule has 0 radical (unpaired) electrons. The number of ether oxygens (including phenoxy) is 1. The van der Waals surface area contributed by atoms with Crippen molar-refractivity contribution in [2.24, 2.45) is 5.92 Å². The Morgan fingerprint density at radius 2 is 1.96 bits per heavy atom. The number of hydrogen-bond donors (Lipinski definition) is 3. The Bertz CT molecular complexity index is 870. The van der Waals surface area contributed by atoms with Crippen molar-refractivity contribution >= 4 is 27.6 Å². The number of nitrogens with one attached hydrogen (secondary N) is 2. The SMILES string of the molecule is CC(C)COCC(O)CNC(=O)c1cc2c(ccc3ccccc32)[nH]1. The standard InChI is InChI=1S/C20H24N2O3/c1-13(2)11-25-12-15(23)10-21-20(24)19-9-17-16-6-4-3-5-14(16)7-8-18(17)22-19/h3-9,13,15,22-23H,10-12H2,1-2H3,(H,21,24). The van der Waals surface area contributed by atoms with Crippen LogP contribution in [0.4, 0.5) is 0 Å². The quantitative estimate of drug-likeness (QED) is 0.619. The smallest absolute Gasteiger partial charge is 0.267 e. The highest BCUT2D eigenvalue weighted by molar-refractivity contribution is 6.09. The van der Waals surface area contributed by atoms with Crippen LogP contribution in [0, 0.1) is 5.92 Å². The van der Waals surface area contributed by atoms with Crippen LogP contribution in [0.15, 0.2) is 42.5 Å². The average Bonchev–Trinajstić information content (AvgIpc) is 3.04. The molecule has 5 nitrogen and oxygen atoms in total. The molecule has 3 aromatic rings. The summed E-state index contributed by atoms with van der Waals surface area (Å²) < 4.78 is 5.38. The minimum Gasteiger partial charge on any atom is -0.389 e. The van der Waals surface area contributed by atoms with Crippen LogP contribution >= 0.6 is 0 Å². The second-order valence-corrected chi connectivity index (χ2v) is 6.73. The largest absolute Gasteiger partial charge is 0.389 e. The zero-order valence-corrected chi connectivity index (χ0v) is 14.6. The van der Waals surface area contributed by atoms with E-state index in [9.17, 15) is 9.90 Å². The van der Waals surface area contributed by atoms with Gasteiger partial charge in [0, 0.05) is 24.1 Å². The summed E-state index contributed by atoms with van der Waals surface area (Å²) in [4.78, 5) is 15.5. The lowest BCUT2D eigenvalue weighted by Gasteiger charge is -2.13. The first kappa shape index (κ1) is 17.5. The minimum absolute atomic E-state index is 0.160. The van der Waals surface area contributed by atoms with E-state index in [1.54, 1.807) is 0 Å². The number of rotatable bonds is 7. The zero-order chi connectivity index (χ0) is 17.8. The molecule has 3 N–H and O–H groups in total. The maximum atomic E-state index is 12.3. The second-order valence-electron chi connectivity index (χ2n) is 6.73. The molecule has 3 rings (SSSR count). The van der Waals surface area contributed by atoms with Gasteiger partial charge in [-0.15, -0.1) is 0 Å². The molecule has 2 aromatic carbocycles. The van der Waals surface area contributed by atoms with Crippen molar-refractivity contribution in [3.8, 4) is 0 Å². The third kappa shape index (κ3) is 4.18. The van der Waals surface area contributed by atoms with Crippen molar-refractivity contribution < 1.29 is 14.6 Å². The van der Waals surface area contributed by atoms with Crippen molar-refractivity contribution in [2.45, 2.75) is 20.0 Å². The molecule has 5 heteroatoms. The fourth-order valence-electron chi connectivity index (χ4n) is 2.81. The minimum atomic E-state index is -0.715. The maximum absolute atomic E-state index is 12.3. The number of hydrogen-bond acceptors (Lipinski definition) is 3. The van der Waals surface area contributed by atoms with E-state index in [-0.39, 0.29) is 19.1 Å². The van der Waals surface area contributed by atoms with Crippen LogP contribution in [-0.2, 0) is 4.74 Å². The molecule has 0 saturated carbocycles. The molecule has 1 amide bonds. The van der Waals surface area contributed by atoms with Crippen LogP contribution < -0.4 is 5.32 Å². The van der Waals surface area contributed by atoms with Gasteiger partial charge < -0.3 is 20.1 Å². The van der Waals surface area contributed by atoms with Gasteiger partial charge in [0.1, 0.15) is 5.69 Å². The maximum Gasteiger partial charge on any atom is 0.267 e. The van der Waals surface area contributed by atoms with Crippen LogP contribution in [0.25, 0.3) is 21.7 Å². The van der Waals surface area contributed by atoms with E-state index in [0.29, 0.717) is 18.2 Å². The topological polar surface area (TPSA) is 74.3 Å². The van der Waals surface area contributed by atoms with Crippen molar-refractivity contribution in [3.63, 3.8) is 0 Å². The number of aliphatic hydroxyl groups is 1. The molecule has 0 bridgehead atoms. The number of carbonyl (C=O) groups excluding carboxylic acids is 1. The number of aromatic nitrogens is 1. The van der Waals surface area contributed by atoms with Crippen LogP contribution in [0.5, 0.6) is 0 Å². The number of fused-ring (bicyclic) bond motifs is 3. The van der Waals surface area contributed by atoms with Crippen molar-refractivity contribution in [3.05, 3.63) is 48.2 Å². The van der Waals surface area contributed by atoms with E-state index in [0.717, 1.165) is 21.7 Å². The summed E-state index contributed by atoms with van der Waals surface area (Å²) >= 11 is 0. The molecular formula is C20H24N2O3. The third-order valence-electron chi connectivity index (χ3n) is 4.03. The normalized spacial score (nSPS) is 12.8. The Morgan fingerprint density at radius 1 is 1.16 bits per heavy atom. The Balaban J connectivity index is 1.65. The van der Waals surface area contributed by atoms with Gasteiger partial charge in [-0.05, 0) is 28.8 Å². The number of H-pyrrole nitrogens is 1. The summed E-state index contributed by atoms with van der Waals surface area (Å²) in [6.45, 7) is 5.07. The highest BCUT2D eigenvalue weighted by Crippen LogP contribution is 2.25. The number of carbonyl (C=O) groups is 1. The van der Waals surface area contributed by atoms with Gasteiger partial charge in [-0.2, -0.15) is 0 Å². The predicted molar refractivity (Wildman–Crippen MR) is 99.8 cm³/mol. The van der Waals surface area contributed by atoms with Gasteiger partial charge in [-0.3, -0.25) is 4.79 Å². The molecule has 0 aliphatic carbocycles. The summed E-state index contributed by atoms with van der Waals surface area (Å²) in [6, 6.07) is 13.9. The molecule has 0 fully saturated rings. The third-order valence-corrected chi connectivity index (χ3v) is 4.03. The summed E-state index contributed by atoms with van der Waals surface area (Å²) in [5.74, 6) is 0.186. The number of benzene rings is 2. The summed E-state index contributed by atoms with van der Waals surface area (Å²) in [5, 5.41) is 15.9. The van der Waals surface area contributed by atoms with Crippen molar-refractivity contribution in [1.82, 2.24) is 10.3 Å². The average molecular weight is 340 g/mol. The van der Waals surface area contributed by atoms with Gasteiger partial charge in [0.15, 0.2) is 0 Å². The Kier molecular flexibility index (Phi) is 5.36. The number of amides is 1. The van der Waals surface area contributed by atoms with Gasteiger partial charge in [0.2, 0.25) is 0 Å². The van der Waals surface area contributed by atoms with Gasteiger partial charge in [0.05, 0.1) is 12.7 Å². The first-order valence-electron chi connectivity index (χ1n) is 8.59. The lowest BCUT2D eigenvalue weighted by Crippen LogP contribution is -2.35. The molecule has 25 heavy (non-hydrogen) atoms. The van der Waals surface area contributed by atoms with E-state index >= 15 is 0 Å². The second kappa shape index (κ2) is 7.68. The Labute approximate surface area is 147 Å². The molecule has 1 atom stereocenters. The van der Waals surface area contributed by atoms with E-state index in [2.05, 4.69) is 16.4 Å². The van der Waals surface area contributed by atoms with Crippen LogP contribution in [0.3, 0.4) is 0 Å². The molecule has 1 heterocycles. The van der Waals surface area contributed by atoms with E-state index in [1.165, 1.54) is 0 Å². The van der Waals surface area contributed by atoms with Crippen LogP contribution in [-0.4, -0.2) is 41.9 Å². The first-order chi connectivity index (χ1) is 12.0. The monoisotopic (exact) mass is 340 g/mol. The molecule has 132 valence electrons. The fourth-order valence-corrected chi connectivity index (χ4v) is 2.81. The molecule has 0 saturated heterocycles. The van der Waals surface area contributed by atoms with Crippen molar-refractivity contribution in [1.29, 1.82) is 0 Å². The van der Waals surface area contributed by atoms with Gasteiger partial charge >= 0.3 is 0 Å². The van der Waals surface area contributed by atoms with Crippen LogP contribution in [0.1, 0.15) is 24.3 Å². The first-order valence-corrected chi connectivity index (χ1v) is 8.59. The van der Waals surface area contributed by atoms with Crippen molar-refractivity contribution in [2.75, 3.05) is 19.8 Å². The molecule has 1 aromatic heterocycles. The zero-order valence-electron chi connectivity index (χ0n) is 14.6. The van der Waals surface area contributed by atoms with Gasteiger partial charge in [-0.1, -0.05) is 44.2 Å². The highest BCUT2D eigenvalue weighted by atomic mass is 16.5. The van der Waals surface area contributed by atoms with E-state index in [4.69, 9.17) is 4.74 Å². The number of aromatic amines is 1. The Hall–Kier alpha value is -2.37. The van der Waals surface area contributed by atoms with Gasteiger partial charge in [-0.25, -0.2) is 0 Å².